The molecule has 2 unspecified atom stereocenters. The number of anilines is 1. The Hall–Kier alpha value is -1.94. The highest BCUT2D eigenvalue weighted by Crippen LogP contribution is 2.40. The molecule has 1 aromatic heterocycles. The number of aliphatic hydroxyl groups is 1. The molecular formula is C26H35NO4S. The van der Waals surface area contributed by atoms with Crippen LogP contribution in [0.2, 0.25) is 0 Å². The zero-order chi connectivity index (χ0) is 23.5. The summed E-state index contributed by atoms with van der Waals surface area (Å²) in [6.45, 7) is 8.25. The Balaban J connectivity index is 2.04. The highest BCUT2D eigenvalue weighted by molar-refractivity contribution is 7.13. The number of thiophene rings is 1. The van der Waals surface area contributed by atoms with Gasteiger partial charge in [-0.05, 0) is 65.9 Å². The van der Waals surface area contributed by atoms with Gasteiger partial charge in [0.1, 0.15) is 5.78 Å². The van der Waals surface area contributed by atoms with Crippen LogP contribution in [-0.4, -0.2) is 29.9 Å². The molecule has 0 spiro atoms. The van der Waals surface area contributed by atoms with Gasteiger partial charge >= 0.3 is 0 Å². The van der Waals surface area contributed by atoms with E-state index in [9.17, 15) is 14.7 Å². The summed E-state index contributed by atoms with van der Waals surface area (Å²) in [5.41, 5.74) is 1.85. The molecule has 1 fully saturated rings. The van der Waals surface area contributed by atoms with Crippen LogP contribution in [-0.2, 0) is 14.3 Å². The molecule has 3 rings (SSSR count). The van der Waals surface area contributed by atoms with Crippen molar-refractivity contribution in [3.63, 3.8) is 0 Å². The minimum absolute atomic E-state index is 0.0620. The third-order valence-corrected chi connectivity index (χ3v) is 7.18. The number of amides is 1. The number of ketones is 1. The molecule has 0 radical (unpaired) electrons. The first-order valence-corrected chi connectivity index (χ1v) is 12.3. The second-order valence-corrected chi connectivity index (χ2v) is 11.0. The molecule has 2 aliphatic rings. The summed E-state index contributed by atoms with van der Waals surface area (Å²) in [6.07, 6.45) is 5.78. The molecule has 32 heavy (non-hydrogen) atoms. The summed E-state index contributed by atoms with van der Waals surface area (Å²) in [4.78, 5) is 29.0. The van der Waals surface area contributed by atoms with Gasteiger partial charge in [0.15, 0.2) is 6.29 Å². The Kier molecular flexibility index (Phi) is 7.97. The van der Waals surface area contributed by atoms with Gasteiger partial charge in [0.25, 0.3) is 0 Å². The van der Waals surface area contributed by atoms with Crippen molar-refractivity contribution in [2.75, 3.05) is 12.0 Å². The van der Waals surface area contributed by atoms with E-state index in [4.69, 9.17) is 4.74 Å². The van der Waals surface area contributed by atoms with Gasteiger partial charge in [0, 0.05) is 37.3 Å². The molecule has 1 heterocycles. The maximum atomic E-state index is 13.8. The van der Waals surface area contributed by atoms with Gasteiger partial charge in [-0.3, -0.25) is 9.59 Å². The fourth-order valence-corrected chi connectivity index (χ4v) is 5.21. The van der Waals surface area contributed by atoms with E-state index in [0.29, 0.717) is 36.2 Å². The molecule has 6 heteroatoms. The number of aliphatic hydroxyl groups excluding tert-OH is 1. The number of Topliss-reactive ketones (excluding diaryl/α,β-unsaturated/α-hetero) is 1. The van der Waals surface area contributed by atoms with Crippen LogP contribution >= 0.6 is 11.3 Å². The molecule has 5 nitrogen and oxygen atoms in total. The monoisotopic (exact) mass is 457 g/mol. The second kappa shape index (κ2) is 10.3. The van der Waals surface area contributed by atoms with Gasteiger partial charge in [-0.15, -0.1) is 11.3 Å². The van der Waals surface area contributed by atoms with Crippen molar-refractivity contribution in [3.8, 4) is 11.8 Å². The number of hydrogen-bond acceptors (Lipinski definition) is 5. The Morgan fingerprint density at radius 3 is 2.50 bits per heavy atom. The average Bonchev–Trinajstić information content (AvgIpc) is 3.17. The third kappa shape index (κ3) is 6.10. The summed E-state index contributed by atoms with van der Waals surface area (Å²) in [5.74, 6) is 6.69. The maximum Gasteiger partial charge on any atom is 0.230 e. The SMILES string of the molecule is COC(O)c1sc(C#CC(C)(C)C)cc1N(C(=O)C1CC=C(C)CC1)C1CCC(=O)CC1. The van der Waals surface area contributed by atoms with Crippen LogP contribution in [0.25, 0.3) is 0 Å². The highest BCUT2D eigenvalue weighted by atomic mass is 32.1. The van der Waals surface area contributed by atoms with Gasteiger partial charge < -0.3 is 14.7 Å². The molecule has 0 saturated heterocycles. The molecule has 2 atom stereocenters. The minimum Gasteiger partial charge on any atom is -0.364 e. The van der Waals surface area contributed by atoms with E-state index in [0.717, 1.165) is 24.1 Å². The first-order chi connectivity index (χ1) is 15.1. The van der Waals surface area contributed by atoms with E-state index in [1.807, 2.05) is 31.7 Å². The molecule has 174 valence electrons. The topological polar surface area (TPSA) is 66.8 Å². The summed E-state index contributed by atoms with van der Waals surface area (Å²) in [5, 5.41) is 10.6. The van der Waals surface area contributed by atoms with Gasteiger partial charge in [0.2, 0.25) is 5.91 Å². The number of carbonyl (C=O) groups is 2. The quantitative estimate of drug-likeness (QED) is 0.366. The van der Waals surface area contributed by atoms with Crippen molar-refractivity contribution in [2.24, 2.45) is 11.3 Å². The molecular weight excluding hydrogens is 422 g/mol. The van der Waals surface area contributed by atoms with E-state index in [1.165, 1.54) is 24.0 Å². The Morgan fingerprint density at radius 2 is 1.94 bits per heavy atom. The van der Waals surface area contributed by atoms with Crippen molar-refractivity contribution in [1.82, 2.24) is 0 Å². The van der Waals surface area contributed by atoms with Crippen molar-refractivity contribution in [1.29, 1.82) is 0 Å². The number of allylic oxidation sites excluding steroid dienone is 2. The van der Waals surface area contributed by atoms with Crippen molar-refractivity contribution in [3.05, 3.63) is 27.5 Å². The van der Waals surface area contributed by atoms with Gasteiger partial charge in [-0.1, -0.05) is 23.5 Å². The van der Waals surface area contributed by atoms with E-state index >= 15 is 0 Å². The predicted octanol–water partition coefficient (Wildman–Crippen LogP) is 5.37. The van der Waals surface area contributed by atoms with Gasteiger partial charge in [-0.2, -0.15) is 0 Å². The first kappa shape index (κ1) is 24.7. The lowest BCUT2D eigenvalue weighted by Gasteiger charge is -2.37. The van der Waals surface area contributed by atoms with E-state index in [1.54, 1.807) is 0 Å². The highest BCUT2D eigenvalue weighted by Gasteiger charge is 2.36. The minimum atomic E-state index is -1.13. The predicted molar refractivity (Wildman–Crippen MR) is 128 cm³/mol. The van der Waals surface area contributed by atoms with Crippen LogP contribution in [0.3, 0.4) is 0 Å². The number of hydrogen-bond donors (Lipinski definition) is 1. The number of methoxy groups -OCH3 is 1. The van der Waals surface area contributed by atoms with Crippen molar-refractivity contribution >= 4 is 28.7 Å². The van der Waals surface area contributed by atoms with Gasteiger partial charge in [0.05, 0.1) is 15.4 Å². The molecule has 1 amide bonds. The van der Waals surface area contributed by atoms with Crippen LogP contribution in [0.5, 0.6) is 0 Å². The molecule has 0 bridgehead atoms. The fourth-order valence-electron chi connectivity index (χ4n) is 4.24. The molecule has 1 saturated carbocycles. The lowest BCUT2D eigenvalue weighted by Crippen LogP contribution is -2.46. The largest absolute Gasteiger partial charge is 0.364 e. The van der Waals surface area contributed by atoms with Crippen LogP contribution in [0.1, 0.15) is 88.7 Å². The summed E-state index contributed by atoms with van der Waals surface area (Å²) >= 11 is 1.37. The maximum absolute atomic E-state index is 13.8. The molecule has 0 aromatic carbocycles. The normalized spacial score (nSPS) is 20.9. The van der Waals surface area contributed by atoms with Crippen LogP contribution in [0.4, 0.5) is 5.69 Å². The summed E-state index contributed by atoms with van der Waals surface area (Å²) in [6, 6.07) is 1.85. The van der Waals surface area contributed by atoms with Crippen molar-refractivity contribution < 1.29 is 19.4 Å². The fraction of sp³-hybridized carbons (Fsp3) is 0.615. The molecule has 1 aromatic rings. The Morgan fingerprint density at radius 1 is 1.25 bits per heavy atom. The lowest BCUT2D eigenvalue weighted by molar-refractivity contribution is -0.125. The lowest BCUT2D eigenvalue weighted by atomic mass is 9.87. The third-order valence-electron chi connectivity index (χ3n) is 6.11. The standard InChI is InChI=1S/C26H35NO4S/c1-17-6-8-18(9-7-17)24(29)27(19-10-12-20(28)13-11-19)22-16-21(14-15-26(2,3)4)32-23(22)25(30)31-5/h6,16,18-19,25,30H,7-13H2,1-5H3. The average molecular weight is 458 g/mol. The number of nitrogens with zero attached hydrogens (tertiary/aromatic N) is 1. The van der Waals surface area contributed by atoms with E-state index in [2.05, 4.69) is 24.8 Å². The second-order valence-electron chi connectivity index (χ2n) is 9.95. The zero-order valence-electron chi connectivity index (χ0n) is 19.9. The molecule has 0 aliphatic heterocycles. The van der Waals surface area contributed by atoms with Crippen molar-refractivity contribution in [2.45, 2.75) is 85.0 Å². The summed E-state index contributed by atoms with van der Waals surface area (Å²) < 4.78 is 5.25. The van der Waals surface area contributed by atoms with Crippen LogP contribution in [0.15, 0.2) is 17.7 Å². The van der Waals surface area contributed by atoms with E-state index in [-0.39, 0.29) is 29.1 Å². The Labute approximate surface area is 195 Å². The molecule has 2 aliphatic carbocycles. The number of ether oxygens (including phenoxy) is 1. The smallest absolute Gasteiger partial charge is 0.230 e. The van der Waals surface area contributed by atoms with E-state index < -0.39 is 6.29 Å². The van der Waals surface area contributed by atoms with Crippen LogP contribution < -0.4 is 4.90 Å². The van der Waals surface area contributed by atoms with Crippen LogP contribution in [0, 0.1) is 23.2 Å². The Bertz CT molecular complexity index is 933. The first-order valence-electron chi connectivity index (χ1n) is 11.5. The molecule has 1 N–H and O–H groups in total. The summed E-state index contributed by atoms with van der Waals surface area (Å²) in [7, 11) is 1.45. The zero-order valence-corrected chi connectivity index (χ0v) is 20.7. The number of rotatable bonds is 5. The van der Waals surface area contributed by atoms with Gasteiger partial charge in [-0.25, -0.2) is 0 Å². The number of carbonyl (C=O) groups excluding carboxylic acids is 2.